The molecule has 2 heterocycles. The van der Waals surface area contributed by atoms with Gasteiger partial charge in [0.15, 0.2) is 15.6 Å². The van der Waals surface area contributed by atoms with Crippen LogP contribution in [0, 0.1) is 0 Å². The average molecular weight is 545 g/mol. The van der Waals surface area contributed by atoms with Gasteiger partial charge in [0.2, 0.25) is 0 Å². The summed E-state index contributed by atoms with van der Waals surface area (Å²) in [7, 11) is -1.95. The Labute approximate surface area is 219 Å². The van der Waals surface area contributed by atoms with Gasteiger partial charge in [0.25, 0.3) is 5.91 Å². The first-order valence-corrected chi connectivity index (χ1v) is 14.1. The van der Waals surface area contributed by atoms with Crippen molar-refractivity contribution >= 4 is 55.8 Å². The number of halogens is 1. The maximum atomic E-state index is 13.2. The molecule has 0 unspecified atom stereocenters. The lowest BCUT2D eigenvalue weighted by molar-refractivity contribution is 0.102. The van der Waals surface area contributed by atoms with Crippen LogP contribution in [0.3, 0.4) is 0 Å². The monoisotopic (exact) mass is 544 g/mol. The standard InChI is InChI=1S/C26H25ClN2O5S2/c1-26(2)13-16-8-9-18(34-3)11-19(16)20(29-26)12-21(30)15-6-5-7-17(10-15)28-25(31)24-23(27)22(14-35-24)36(4,32)33/h5-12,14,29H,13H2,1-4H3,(H,28,31). The highest BCUT2D eigenvalue weighted by Crippen LogP contribution is 2.33. The van der Waals surface area contributed by atoms with Crippen LogP contribution < -0.4 is 15.4 Å². The topological polar surface area (TPSA) is 102 Å². The first-order valence-electron chi connectivity index (χ1n) is 11.0. The van der Waals surface area contributed by atoms with Crippen molar-refractivity contribution < 1.29 is 22.7 Å². The smallest absolute Gasteiger partial charge is 0.267 e. The highest BCUT2D eigenvalue weighted by molar-refractivity contribution is 7.91. The molecule has 3 aromatic rings. The van der Waals surface area contributed by atoms with E-state index in [9.17, 15) is 18.0 Å². The van der Waals surface area contributed by atoms with Gasteiger partial charge in [-0.25, -0.2) is 8.42 Å². The van der Waals surface area contributed by atoms with Crippen molar-refractivity contribution in [3.05, 3.63) is 80.5 Å². The molecule has 1 amide bonds. The zero-order valence-electron chi connectivity index (χ0n) is 20.1. The van der Waals surface area contributed by atoms with Gasteiger partial charge < -0.3 is 15.4 Å². The summed E-state index contributed by atoms with van der Waals surface area (Å²) >= 11 is 7.08. The number of anilines is 1. The Hall–Kier alpha value is -3.14. The molecule has 2 aromatic carbocycles. The molecule has 7 nitrogen and oxygen atoms in total. The fraction of sp³-hybridized carbons (Fsp3) is 0.231. The van der Waals surface area contributed by atoms with Gasteiger partial charge in [0.05, 0.1) is 17.0 Å². The molecule has 0 saturated heterocycles. The van der Waals surface area contributed by atoms with Gasteiger partial charge in [-0.05, 0) is 50.1 Å². The zero-order valence-corrected chi connectivity index (χ0v) is 22.5. The number of ketones is 1. The molecule has 0 atom stereocenters. The zero-order chi connectivity index (χ0) is 26.3. The lowest BCUT2D eigenvalue weighted by atomic mass is 9.85. The second-order valence-corrected chi connectivity index (χ2v) is 12.4. The predicted molar refractivity (Wildman–Crippen MR) is 143 cm³/mol. The maximum Gasteiger partial charge on any atom is 0.267 e. The number of carbonyl (C=O) groups excluding carboxylic acids is 2. The largest absolute Gasteiger partial charge is 0.497 e. The van der Waals surface area contributed by atoms with Crippen LogP contribution in [0.1, 0.15) is 45.0 Å². The van der Waals surface area contributed by atoms with Gasteiger partial charge in [0, 0.05) is 45.8 Å². The molecular weight excluding hydrogens is 520 g/mol. The van der Waals surface area contributed by atoms with Crippen LogP contribution in [0.4, 0.5) is 5.69 Å². The van der Waals surface area contributed by atoms with Crippen LogP contribution in [0.5, 0.6) is 5.75 Å². The number of hydrogen-bond acceptors (Lipinski definition) is 7. The number of fused-ring (bicyclic) bond motifs is 1. The number of methoxy groups -OCH3 is 1. The third-order valence-corrected chi connectivity index (χ3v) is 8.56. The quantitative estimate of drug-likeness (QED) is 0.326. The Morgan fingerprint density at radius 3 is 2.61 bits per heavy atom. The second kappa shape index (κ2) is 9.72. The highest BCUT2D eigenvalue weighted by Gasteiger charge is 2.28. The number of amides is 1. The van der Waals surface area contributed by atoms with Crippen molar-refractivity contribution in [2.75, 3.05) is 18.7 Å². The minimum Gasteiger partial charge on any atom is -0.497 e. The van der Waals surface area contributed by atoms with E-state index in [0.717, 1.165) is 35.1 Å². The van der Waals surface area contributed by atoms with Crippen LogP contribution in [-0.4, -0.2) is 39.0 Å². The number of nitrogens with one attached hydrogen (secondary N) is 2. The molecule has 0 spiro atoms. The minimum atomic E-state index is -3.55. The van der Waals surface area contributed by atoms with Gasteiger partial charge >= 0.3 is 0 Å². The van der Waals surface area contributed by atoms with Crippen LogP contribution in [0.2, 0.25) is 5.02 Å². The number of thiophene rings is 1. The van der Waals surface area contributed by atoms with Crippen LogP contribution in [0.15, 0.2) is 58.8 Å². The van der Waals surface area contributed by atoms with Crippen molar-refractivity contribution in [3.63, 3.8) is 0 Å². The van der Waals surface area contributed by atoms with Gasteiger partial charge in [0.1, 0.15) is 10.6 Å². The number of rotatable bonds is 6. The molecule has 2 N–H and O–H groups in total. The Bertz CT molecular complexity index is 1510. The molecule has 0 saturated carbocycles. The summed E-state index contributed by atoms with van der Waals surface area (Å²) in [5.41, 5.74) is 3.23. The summed E-state index contributed by atoms with van der Waals surface area (Å²) in [5.74, 6) is -0.0993. The van der Waals surface area contributed by atoms with E-state index in [-0.39, 0.29) is 26.1 Å². The Morgan fingerprint density at radius 2 is 1.94 bits per heavy atom. The van der Waals surface area contributed by atoms with E-state index in [1.54, 1.807) is 37.5 Å². The molecule has 0 fully saturated rings. The van der Waals surface area contributed by atoms with E-state index < -0.39 is 15.7 Å². The van der Waals surface area contributed by atoms with E-state index in [4.69, 9.17) is 16.3 Å². The lowest BCUT2D eigenvalue weighted by Gasteiger charge is -2.35. The summed E-state index contributed by atoms with van der Waals surface area (Å²) < 4.78 is 29.0. The minimum absolute atomic E-state index is 0.0788. The molecule has 10 heteroatoms. The van der Waals surface area contributed by atoms with Gasteiger partial charge in [-0.3, -0.25) is 9.59 Å². The van der Waals surface area contributed by atoms with E-state index in [1.807, 2.05) is 18.2 Å². The van der Waals surface area contributed by atoms with E-state index in [0.29, 0.717) is 22.7 Å². The molecule has 1 aliphatic rings. The second-order valence-electron chi connectivity index (χ2n) is 9.18. The molecule has 0 bridgehead atoms. The molecule has 1 aromatic heterocycles. The number of benzene rings is 2. The maximum absolute atomic E-state index is 13.2. The molecule has 0 aliphatic carbocycles. The number of allylic oxidation sites excluding steroid dienone is 1. The highest BCUT2D eigenvalue weighted by atomic mass is 35.5. The molecular formula is C26H25ClN2O5S2. The van der Waals surface area contributed by atoms with Crippen molar-refractivity contribution in [2.45, 2.75) is 30.7 Å². The Kier molecular flexibility index (Phi) is 7.01. The SMILES string of the molecule is COc1ccc2c(c1)C(=CC(=O)c1cccc(NC(=O)c3scc(S(C)(=O)=O)c3Cl)c1)NC(C)(C)C2. The lowest BCUT2D eigenvalue weighted by Crippen LogP contribution is -2.43. The fourth-order valence-electron chi connectivity index (χ4n) is 4.04. The first kappa shape index (κ1) is 25.9. The van der Waals surface area contributed by atoms with Crippen molar-refractivity contribution in [3.8, 4) is 5.75 Å². The van der Waals surface area contributed by atoms with Gasteiger partial charge in [-0.2, -0.15) is 0 Å². The third-order valence-electron chi connectivity index (χ3n) is 5.70. The number of carbonyl (C=O) groups is 2. The van der Waals surface area contributed by atoms with Crippen LogP contribution >= 0.6 is 22.9 Å². The summed E-state index contributed by atoms with van der Waals surface area (Å²) in [5, 5.41) is 7.36. The van der Waals surface area contributed by atoms with E-state index in [1.165, 1.54) is 5.38 Å². The Morgan fingerprint density at radius 1 is 1.19 bits per heavy atom. The molecule has 4 rings (SSSR count). The van der Waals surface area contributed by atoms with Crippen molar-refractivity contribution in [1.29, 1.82) is 0 Å². The van der Waals surface area contributed by atoms with Gasteiger partial charge in [-0.15, -0.1) is 11.3 Å². The van der Waals surface area contributed by atoms with Crippen LogP contribution in [0.25, 0.3) is 5.70 Å². The number of sulfone groups is 1. The summed E-state index contributed by atoms with van der Waals surface area (Å²) in [6.45, 7) is 4.14. The molecule has 188 valence electrons. The van der Waals surface area contributed by atoms with E-state index in [2.05, 4.69) is 24.5 Å². The first-order chi connectivity index (χ1) is 16.9. The molecule has 36 heavy (non-hydrogen) atoms. The average Bonchev–Trinajstić information content (AvgIpc) is 3.20. The van der Waals surface area contributed by atoms with E-state index >= 15 is 0 Å². The fourth-order valence-corrected chi connectivity index (χ4v) is 6.85. The van der Waals surface area contributed by atoms with Crippen molar-refractivity contribution in [2.24, 2.45) is 0 Å². The normalized spacial score (nSPS) is 15.6. The molecule has 1 aliphatic heterocycles. The molecule has 0 radical (unpaired) electrons. The summed E-state index contributed by atoms with van der Waals surface area (Å²) in [6.07, 6.45) is 3.38. The Balaban J connectivity index is 1.60. The predicted octanol–water partition coefficient (Wildman–Crippen LogP) is 5.21. The summed E-state index contributed by atoms with van der Waals surface area (Å²) in [4.78, 5) is 26.0. The van der Waals surface area contributed by atoms with Crippen molar-refractivity contribution in [1.82, 2.24) is 5.32 Å². The van der Waals surface area contributed by atoms with Crippen LogP contribution in [-0.2, 0) is 16.3 Å². The van der Waals surface area contributed by atoms with Gasteiger partial charge in [-0.1, -0.05) is 29.8 Å². The number of ether oxygens (including phenoxy) is 1. The number of hydrogen-bond donors (Lipinski definition) is 2. The third kappa shape index (κ3) is 5.48. The summed E-state index contributed by atoms with van der Waals surface area (Å²) in [6, 6.07) is 12.4.